The Bertz CT molecular complexity index is 608. The Balaban J connectivity index is 2.46. The number of benzene rings is 1. The third-order valence-electron chi connectivity index (χ3n) is 2.49. The van der Waals surface area contributed by atoms with Crippen molar-refractivity contribution in [3.63, 3.8) is 0 Å². The Morgan fingerprint density at radius 3 is 2.61 bits per heavy atom. The second kappa shape index (κ2) is 4.57. The average molecular weight is 357 g/mol. The van der Waals surface area contributed by atoms with Gasteiger partial charge in [0.15, 0.2) is 0 Å². The number of hydrogen-bond acceptors (Lipinski definition) is 2. The second-order valence-electron chi connectivity index (χ2n) is 5.36. The first-order chi connectivity index (χ1) is 8.28. The largest absolute Gasteiger partial charge is 0.455 e. The third kappa shape index (κ3) is 2.68. The highest BCUT2D eigenvalue weighted by Gasteiger charge is 2.22. The smallest absolute Gasteiger partial charge is 0.356 e. The quantitative estimate of drug-likeness (QED) is 0.618. The van der Waals surface area contributed by atoms with E-state index in [4.69, 9.17) is 4.74 Å². The van der Waals surface area contributed by atoms with E-state index in [-0.39, 0.29) is 5.97 Å². The second-order valence-corrected chi connectivity index (χ2v) is 6.44. The van der Waals surface area contributed by atoms with Gasteiger partial charge in [-0.05, 0) is 62.4 Å². The minimum atomic E-state index is -0.479. The van der Waals surface area contributed by atoms with Crippen LogP contribution in [0.4, 0.5) is 0 Å². The van der Waals surface area contributed by atoms with E-state index in [2.05, 4.69) is 33.6 Å². The Hall–Kier alpha value is -1.04. The minimum absolute atomic E-state index is 0.305. The highest BCUT2D eigenvalue weighted by atomic mass is 127. The van der Waals surface area contributed by atoms with E-state index >= 15 is 0 Å². The Morgan fingerprint density at radius 1 is 1.33 bits per heavy atom. The first kappa shape index (κ1) is 13.4. The van der Waals surface area contributed by atoms with Gasteiger partial charge in [0.25, 0.3) is 0 Å². The number of aryl methyl sites for hydroxylation is 1. The first-order valence-corrected chi connectivity index (χ1v) is 6.87. The number of carbonyl (C=O) groups is 1. The monoisotopic (exact) mass is 357 g/mol. The van der Waals surface area contributed by atoms with Gasteiger partial charge < -0.3 is 9.72 Å². The summed E-state index contributed by atoms with van der Waals surface area (Å²) < 4.78 is 6.31. The van der Waals surface area contributed by atoms with Crippen molar-refractivity contribution in [1.29, 1.82) is 0 Å². The number of fused-ring (bicyclic) bond motifs is 1. The van der Waals surface area contributed by atoms with Gasteiger partial charge in [-0.15, -0.1) is 0 Å². The van der Waals surface area contributed by atoms with E-state index in [1.165, 1.54) is 5.56 Å². The molecule has 2 rings (SSSR count). The highest BCUT2D eigenvalue weighted by molar-refractivity contribution is 14.1. The molecule has 0 bridgehead atoms. The number of nitrogens with one attached hydrogen (secondary N) is 1. The van der Waals surface area contributed by atoms with Crippen molar-refractivity contribution in [2.24, 2.45) is 0 Å². The summed E-state index contributed by atoms with van der Waals surface area (Å²) in [5.41, 5.74) is 2.19. The molecule has 1 aromatic heterocycles. The summed E-state index contributed by atoms with van der Waals surface area (Å²) in [4.78, 5) is 15.2. The van der Waals surface area contributed by atoms with Crippen LogP contribution in [0.1, 0.15) is 36.8 Å². The van der Waals surface area contributed by atoms with Crippen LogP contribution in [0.5, 0.6) is 0 Å². The fourth-order valence-corrected chi connectivity index (χ4v) is 2.54. The summed E-state index contributed by atoms with van der Waals surface area (Å²) in [6.07, 6.45) is 0. The Labute approximate surface area is 120 Å². The number of esters is 1. The predicted molar refractivity (Wildman–Crippen MR) is 80.9 cm³/mol. The van der Waals surface area contributed by atoms with Crippen LogP contribution in [0.15, 0.2) is 18.2 Å². The molecule has 0 atom stereocenters. The Kier molecular flexibility index (Phi) is 3.40. The van der Waals surface area contributed by atoms with Gasteiger partial charge in [-0.3, -0.25) is 0 Å². The molecule has 96 valence electrons. The zero-order chi connectivity index (χ0) is 13.5. The number of hydrogen-bond donors (Lipinski definition) is 1. The van der Waals surface area contributed by atoms with Gasteiger partial charge in [0.05, 0.1) is 3.57 Å². The van der Waals surface area contributed by atoms with Crippen LogP contribution < -0.4 is 0 Å². The Morgan fingerprint density at radius 2 is 2.00 bits per heavy atom. The number of carbonyl (C=O) groups excluding carboxylic acids is 1. The van der Waals surface area contributed by atoms with Crippen LogP contribution in [0.2, 0.25) is 0 Å². The molecule has 18 heavy (non-hydrogen) atoms. The standard InChI is InChI=1S/C14H16INO2/c1-8-5-6-10-9(7-8)11(15)12(16-10)13(17)18-14(2,3)4/h5-7,16H,1-4H3. The lowest BCUT2D eigenvalue weighted by atomic mass is 10.2. The summed E-state index contributed by atoms with van der Waals surface area (Å²) in [6.45, 7) is 7.63. The van der Waals surface area contributed by atoms with E-state index in [1.807, 2.05) is 39.8 Å². The summed E-state index contributed by atoms with van der Waals surface area (Å²) in [5.74, 6) is -0.305. The van der Waals surface area contributed by atoms with E-state index in [0.29, 0.717) is 5.69 Å². The summed E-state index contributed by atoms with van der Waals surface area (Å²) in [5, 5.41) is 1.07. The maximum atomic E-state index is 12.1. The van der Waals surface area contributed by atoms with E-state index in [1.54, 1.807) is 0 Å². The minimum Gasteiger partial charge on any atom is -0.455 e. The molecule has 0 radical (unpaired) electrons. The molecule has 4 heteroatoms. The van der Waals surface area contributed by atoms with Crippen molar-refractivity contribution in [3.8, 4) is 0 Å². The van der Waals surface area contributed by atoms with Crippen LogP contribution >= 0.6 is 22.6 Å². The molecule has 0 fully saturated rings. The number of aromatic amines is 1. The number of halogens is 1. The van der Waals surface area contributed by atoms with Crippen LogP contribution in [-0.4, -0.2) is 16.6 Å². The molecule has 0 aliphatic carbocycles. The van der Waals surface area contributed by atoms with Crippen molar-refractivity contribution >= 4 is 39.5 Å². The maximum absolute atomic E-state index is 12.1. The normalized spacial score (nSPS) is 11.8. The lowest BCUT2D eigenvalue weighted by Gasteiger charge is -2.18. The lowest BCUT2D eigenvalue weighted by molar-refractivity contribution is 0.00627. The molecule has 2 aromatic rings. The number of H-pyrrole nitrogens is 1. The molecule has 3 nitrogen and oxygen atoms in total. The van der Waals surface area contributed by atoms with Crippen LogP contribution in [-0.2, 0) is 4.74 Å². The fourth-order valence-electron chi connectivity index (χ4n) is 1.74. The highest BCUT2D eigenvalue weighted by Crippen LogP contribution is 2.26. The molecule has 0 aliphatic heterocycles. The van der Waals surface area contributed by atoms with Crippen molar-refractivity contribution < 1.29 is 9.53 Å². The van der Waals surface area contributed by atoms with Crippen LogP contribution in [0.25, 0.3) is 10.9 Å². The summed E-state index contributed by atoms with van der Waals surface area (Å²) in [6, 6.07) is 6.08. The van der Waals surface area contributed by atoms with Gasteiger partial charge in [0.2, 0.25) is 0 Å². The molecule has 0 amide bonds. The molecule has 0 saturated carbocycles. The topological polar surface area (TPSA) is 42.1 Å². The average Bonchev–Trinajstić information content (AvgIpc) is 2.54. The predicted octanol–water partition coefficient (Wildman–Crippen LogP) is 4.04. The summed E-state index contributed by atoms with van der Waals surface area (Å²) in [7, 11) is 0. The molecule has 1 N–H and O–H groups in total. The van der Waals surface area contributed by atoms with Gasteiger partial charge in [-0.2, -0.15) is 0 Å². The molecule has 0 unspecified atom stereocenters. The molecular formula is C14H16INO2. The molecule has 0 aliphatic rings. The van der Waals surface area contributed by atoms with Gasteiger partial charge >= 0.3 is 5.97 Å². The van der Waals surface area contributed by atoms with Gasteiger partial charge in [-0.25, -0.2) is 4.79 Å². The van der Waals surface area contributed by atoms with Crippen LogP contribution in [0.3, 0.4) is 0 Å². The number of rotatable bonds is 1. The SMILES string of the molecule is Cc1ccc2[nH]c(C(=O)OC(C)(C)C)c(I)c2c1. The molecule has 0 spiro atoms. The maximum Gasteiger partial charge on any atom is 0.356 e. The molecule has 0 saturated heterocycles. The van der Waals surface area contributed by atoms with E-state index in [0.717, 1.165) is 14.5 Å². The third-order valence-corrected chi connectivity index (χ3v) is 3.61. The van der Waals surface area contributed by atoms with Crippen molar-refractivity contribution in [1.82, 2.24) is 4.98 Å². The van der Waals surface area contributed by atoms with Gasteiger partial charge in [0.1, 0.15) is 11.3 Å². The zero-order valence-corrected chi connectivity index (χ0v) is 13.1. The molecule has 1 aromatic carbocycles. The van der Waals surface area contributed by atoms with Gasteiger partial charge in [0, 0.05) is 10.9 Å². The lowest BCUT2D eigenvalue weighted by Crippen LogP contribution is -2.24. The number of ether oxygens (including phenoxy) is 1. The van der Waals surface area contributed by atoms with E-state index < -0.39 is 5.60 Å². The molecule has 1 heterocycles. The van der Waals surface area contributed by atoms with Crippen molar-refractivity contribution in [2.75, 3.05) is 0 Å². The zero-order valence-electron chi connectivity index (χ0n) is 10.9. The fraction of sp³-hybridized carbons (Fsp3) is 0.357. The van der Waals surface area contributed by atoms with E-state index in [9.17, 15) is 4.79 Å². The van der Waals surface area contributed by atoms with Gasteiger partial charge in [-0.1, -0.05) is 11.6 Å². The van der Waals surface area contributed by atoms with Crippen LogP contribution in [0, 0.1) is 10.5 Å². The number of aromatic nitrogens is 1. The molecular weight excluding hydrogens is 341 g/mol. The summed E-state index contributed by atoms with van der Waals surface area (Å²) >= 11 is 2.19. The first-order valence-electron chi connectivity index (χ1n) is 5.79. The van der Waals surface area contributed by atoms with Crippen molar-refractivity contribution in [2.45, 2.75) is 33.3 Å². The van der Waals surface area contributed by atoms with Crippen molar-refractivity contribution in [3.05, 3.63) is 33.0 Å².